The quantitative estimate of drug-likeness (QED) is 0.670. The number of hydrogen-bond acceptors (Lipinski definition) is 2. The van der Waals surface area contributed by atoms with Crippen LogP contribution in [0.3, 0.4) is 0 Å². The number of benzene rings is 1. The van der Waals surface area contributed by atoms with Crippen molar-refractivity contribution in [1.82, 2.24) is 4.90 Å². The van der Waals surface area contributed by atoms with E-state index >= 15 is 0 Å². The van der Waals surface area contributed by atoms with Crippen molar-refractivity contribution >= 4 is 35.0 Å². The Kier molecular flexibility index (Phi) is 8.06. The lowest BCUT2D eigenvalue weighted by Crippen LogP contribution is -2.40. The van der Waals surface area contributed by atoms with Gasteiger partial charge in [0.15, 0.2) is 0 Å². The highest BCUT2D eigenvalue weighted by molar-refractivity contribution is 14.1. The Labute approximate surface area is 138 Å². The van der Waals surface area contributed by atoms with E-state index in [2.05, 4.69) is 22.6 Å². The second kappa shape index (κ2) is 9.00. The lowest BCUT2D eigenvalue weighted by atomic mass is 9.99. The molecule has 0 amide bonds. The van der Waals surface area contributed by atoms with Gasteiger partial charge < -0.3 is 4.74 Å². The topological polar surface area (TPSA) is 12.5 Å². The Morgan fingerprint density at radius 1 is 1.35 bits per heavy atom. The van der Waals surface area contributed by atoms with Gasteiger partial charge in [-0.3, -0.25) is 4.90 Å². The normalized spacial score (nSPS) is 19.7. The second-order valence-corrected chi connectivity index (χ2v) is 6.06. The fourth-order valence-electron chi connectivity index (χ4n) is 2.42. The number of alkyl halides is 2. The van der Waals surface area contributed by atoms with Crippen LogP contribution in [0.4, 0.5) is 8.78 Å². The van der Waals surface area contributed by atoms with Crippen LogP contribution in [0.2, 0.25) is 0 Å². The van der Waals surface area contributed by atoms with Crippen molar-refractivity contribution in [2.45, 2.75) is 19.3 Å². The molecular formula is C14H19ClF2INO. The van der Waals surface area contributed by atoms with Crippen molar-refractivity contribution in [2.24, 2.45) is 5.92 Å². The summed E-state index contributed by atoms with van der Waals surface area (Å²) >= 11 is 2.24. The Balaban J connectivity index is 0.00000200. The number of ether oxygens (including phenoxy) is 1. The Morgan fingerprint density at radius 3 is 2.80 bits per heavy atom. The van der Waals surface area contributed by atoms with Crippen LogP contribution in [0, 0.1) is 9.49 Å². The molecule has 0 aromatic heterocycles. The average molecular weight is 418 g/mol. The first kappa shape index (κ1) is 17.9. The zero-order chi connectivity index (χ0) is 13.7. The molecule has 0 saturated carbocycles. The Hall–Kier alpha value is -0.140. The van der Waals surface area contributed by atoms with Crippen LogP contribution in [-0.2, 0) is 0 Å². The summed E-state index contributed by atoms with van der Waals surface area (Å²) in [5, 5.41) is 0. The first-order chi connectivity index (χ1) is 9.15. The van der Waals surface area contributed by atoms with E-state index in [1.165, 1.54) is 0 Å². The van der Waals surface area contributed by atoms with Gasteiger partial charge in [-0.1, -0.05) is 12.1 Å². The number of nitrogens with zero attached hydrogens (tertiary/aromatic N) is 1. The van der Waals surface area contributed by atoms with Crippen molar-refractivity contribution in [3.8, 4) is 5.75 Å². The van der Waals surface area contributed by atoms with Crippen LogP contribution in [0.5, 0.6) is 5.75 Å². The molecule has 1 aromatic carbocycles. The van der Waals surface area contributed by atoms with E-state index in [1.807, 2.05) is 29.2 Å². The summed E-state index contributed by atoms with van der Waals surface area (Å²) in [4.78, 5) is 1.85. The second-order valence-electron chi connectivity index (χ2n) is 4.90. The summed E-state index contributed by atoms with van der Waals surface area (Å²) < 4.78 is 31.6. The summed E-state index contributed by atoms with van der Waals surface area (Å²) in [6, 6.07) is 7.86. The minimum absolute atomic E-state index is 0. The first-order valence-corrected chi connectivity index (χ1v) is 7.61. The molecule has 1 unspecified atom stereocenters. The maximum Gasteiger partial charge on any atom is 0.251 e. The highest BCUT2D eigenvalue weighted by Crippen LogP contribution is 2.23. The van der Waals surface area contributed by atoms with E-state index in [0.717, 1.165) is 28.7 Å². The third kappa shape index (κ3) is 5.69. The molecule has 0 bridgehead atoms. The molecule has 1 saturated heterocycles. The van der Waals surface area contributed by atoms with Crippen molar-refractivity contribution in [3.63, 3.8) is 0 Å². The van der Waals surface area contributed by atoms with Gasteiger partial charge in [0.05, 0.1) is 16.7 Å². The molecule has 0 spiro atoms. The van der Waals surface area contributed by atoms with Crippen LogP contribution < -0.4 is 4.74 Å². The number of halogens is 4. The molecule has 20 heavy (non-hydrogen) atoms. The van der Waals surface area contributed by atoms with Gasteiger partial charge in [-0.05, 0) is 54.1 Å². The summed E-state index contributed by atoms with van der Waals surface area (Å²) in [5.74, 6) is 1.23. The predicted molar refractivity (Wildman–Crippen MR) is 87.1 cm³/mol. The third-order valence-corrected chi connectivity index (χ3v) is 4.20. The fourth-order valence-corrected chi connectivity index (χ4v) is 2.96. The molecule has 2 rings (SSSR count). The molecule has 2 nitrogen and oxygen atoms in total. The fraction of sp³-hybridized carbons (Fsp3) is 0.571. The lowest BCUT2D eigenvalue weighted by molar-refractivity contribution is 0.0551. The van der Waals surface area contributed by atoms with Crippen LogP contribution in [0.15, 0.2) is 24.3 Å². The number of hydrogen-bond donors (Lipinski definition) is 0. The van der Waals surface area contributed by atoms with Crippen molar-refractivity contribution < 1.29 is 13.5 Å². The van der Waals surface area contributed by atoms with Gasteiger partial charge in [0.2, 0.25) is 0 Å². The molecule has 0 N–H and O–H groups in total. The van der Waals surface area contributed by atoms with Gasteiger partial charge in [0.25, 0.3) is 6.43 Å². The molecule has 6 heteroatoms. The van der Waals surface area contributed by atoms with E-state index in [9.17, 15) is 8.78 Å². The molecule has 1 atom stereocenters. The molecule has 1 heterocycles. The highest BCUT2D eigenvalue weighted by Gasteiger charge is 2.22. The maximum absolute atomic E-state index is 12.4. The average Bonchev–Trinajstić information content (AvgIpc) is 2.37. The minimum Gasteiger partial charge on any atom is -0.492 e. The van der Waals surface area contributed by atoms with Gasteiger partial charge in [0.1, 0.15) is 5.75 Å². The monoisotopic (exact) mass is 417 g/mol. The van der Waals surface area contributed by atoms with Gasteiger partial charge in [-0.2, -0.15) is 0 Å². The largest absolute Gasteiger partial charge is 0.492 e. The molecular weight excluding hydrogens is 399 g/mol. The van der Waals surface area contributed by atoms with Gasteiger partial charge in [-0.25, -0.2) is 8.78 Å². The molecule has 1 fully saturated rings. The minimum atomic E-state index is -2.24. The van der Waals surface area contributed by atoms with Gasteiger partial charge >= 0.3 is 0 Å². The summed E-state index contributed by atoms with van der Waals surface area (Å²) in [5.41, 5.74) is 0. The van der Waals surface area contributed by atoms with Crippen LogP contribution in [0.1, 0.15) is 12.8 Å². The third-order valence-electron chi connectivity index (χ3n) is 3.31. The molecule has 1 aliphatic rings. The smallest absolute Gasteiger partial charge is 0.251 e. The SMILES string of the molecule is Cl.FC(F)CN1CCCC(COc2ccccc2I)C1. The van der Waals surface area contributed by atoms with Crippen LogP contribution >= 0.6 is 35.0 Å². The summed E-state index contributed by atoms with van der Waals surface area (Å²) in [6.07, 6.45) is -0.204. The van der Waals surface area contributed by atoms with Gasteiger partial charge in [-0.15, -0.1) is 12.4 Å². The number of piperidine rings is 1. The molecule has 1 aliphatic heterocycles. The standard InChI is InChI=1S/C14H18F2INO.ClH/c15-14(16)9-18-7-3-4-11(8-18)10-19-13-6-2-1-5-12(13)17;/h1-2,5-6,11,14H,3-4,7-10H2;1H. The molecule has 114 valence electrons. The highest BCUT2D eigenvalue weighted by atomic mass is 127. The van der Waals surface area contributed by atoms with E-state index in [1.54, 1.807) is 0 Å². The number of rotatable bonds is 5. The van der Waals surface area contributed by atoms with E-state index < -0.39 is 6.43 Å². The number of para-hydroxylation sites is 1. The van der Waals surface area contributed by atoms with E-state index in [4.69, 9.17) is 4.74 Å². The zero-order valence-electron chi connectivity index (χ0n) is 11.1. The molecule has 1 aromatic rings. The van der Waals surface area contributed by atoms with Crippen LogP contribution in [0.25, 0.3) is 0 Å². The Bertz CT molecular complexity index is 409. The number of likely N-dealkylation sites (tertiary alicyclic amines) is 1. The van der Waals surface area contributed by atoms with E-state index in [0.29, 0.717) is 19.1 Å². The molecule has 0 aliphatic carbocycles. The lowest BCUT2D eigenvalue weighted by Gasteiger charge is -2.32. The van der Waals surface area contributed by atoms with Crippen molar-refractivity contribution in [3.05, 3.63) is 27.8 Å². The summed E-state index contributed by atoms with van der Waals surface area (Å²) in [7, 11) is 0. The summed E-state index contributed by atoms with van der Waals surface area (Å²) in [6.45, 7) is 2.00. The molecule has 0 radical (unpaired) electrons. The first-order valence-electron chi connectivity index (χ1n) is 6.53. The van der Waals surface area contributed by atoms with E-state index in [-0.39, 0.29) is 19.0 Å². The van der Waals surface area contributed by atoms with Crippen molar-refractivity contribution in [2.75, 3.05) is 26.2 Å². The van der Waals surface area contributed by atoms with Gasteiger partial charge in [0, 0.05) is 12.5 Å². The van der Waals surface area contributed by atoms with Crippen molar-refractivity contribution in [1.29, 1.82) is 0 Å². The maximum atomic E-state index is 12.4. The van der Waals surface area contributed by atoms with Crippen LogP contribution in [-0.4, -0.2) is 37.6 Å². The zero-order valence-corrected chi connectivity index (χ0v) is 14.1. The predicted octanol–water partition coefficient (Wildman–Crippen LogP) is 4.07. The Morgan fingerprint density at radius 2 is 2.10 bits per heavy atom.